The largest absolute Gasteiger partial charge is 0.372 e. The highest BCUT2D eigenvalue weighted by Crippen LogP contribution is 2.25. The first-order valence-electron chi connectivity index (χ1n) is 5.97. The summed E-state index contributed by atoms with van der Waals surface area (Å²) in [5.41, 5.74) is 0.988. The molecular formula is C13H16BrN5. The lowest BCUT2D eigenvalue weighted by Crippen LogP contribution is -2.24. The summed E-state index contributed by atoms with van der Waals surface area (Å²) in [5.74, 6) is 1.43. The van der Waals surface area contributed by atoms with E-state index in [2.05, 4.69) is 43.1 Å². The van der Waals surface area contributed by atoms with Gasteiger partial charge in [0.1, 0.15) is 5.82 Å². The fourth-order valence-electron chi connectivity index (χ4n) is 1.70. The topological polar surface area (TPSA) is 53.9 Å². The van der Waals surface area contributed by atoms with Gasteiger partial charge in [0, 0.05) is 26.5 Å². The number of hydrogen-bond acceptors (Lipinski definition) is 5. The molecule has 0 aliphatic heterocycles. The number of rotatable bonds is 4. The van der Waals surface area contributed by atoms with Crippen molar-refractivity contribution >= 4 is 27.7 Å². The van der Waals surface area contributed by atoms with E-state index in [1.807, 2.05) is 37.2 Å². The summed E-state index contributed by atoms with van der Waals surface area (Å²) < 4.78 is 0.845. The van der Waals surface area contributed by atoms with Gasteiger partial charge in [-0.1, -0.05) is 6.07 Å². The highest BCUT2D eigenvalue weighted by atomic mass is 79.9. The van der Waals surface area contributed by atoms with E-state index in [-0.39, 0.29) is 6.04 Å². The van der Waals surface area contributed by atoms with Crippen molar-refractivity contribution in [2.75, 3.05) is 24.3 Å². The highest BCUT2D eigenvalue weighted by Gasteiger charge is 2.16. The summed E-state index contributed by atoms with van der Waals surface area (Å²) in [6, 6.07) is 5.99. The summed E-state index contributed by atoms with van der Waals surface area (Å²) in [7, 11) is 3.79. The minimum Gasteiger partial charge on any atom is -0.372 e. The van der Waals surface area contributed by atoms with Crippen molar-refractivity contribution in [2.24, 2.45) is 0 Å². The Morgan fingerprint density at radius 2 is 2.11 bits per heavy atom. The maximum absolute atomic E-state index is 4.47. The van der Waals surface area contributed by atoms with E-state index in [4.69, 9.17) is 0 Å². The molecule has 5 nitrogen and oxygen atoms in total. The smallest absolute Gasteiger partial charge is 0.227 e. The molecule has 0 unspecified atom stereocenters. The van der Waals surface area contributed by atoms with Crippen LogP contribution >= 0.6 is 15.9 Å². The summed E-state index contributed by atoms with van der Waals surface area (Å²) in [5, 5.41) is 3.03. The van der Waals surface area contributed by atoms with E-state index in [1.54, 1.807) is 12.4 Å². The zero-order chi connectivity index (χ0) is 13.8. The number of pyridine rings is 1. The molecule has 1 N–H and O–H groups in total. The molecule has 0 bridgehead atoms. The molecule has 2 aromatic heterocycles. The Morgan fingerprint density at radius 1 is 1.32 bits per heavy atom. The predicted molar refractivity (Wildman–Crippen MR) is 80.3 cm³/mol. The summed E-state index contributed by atoms with van der Waals surface area (Å²) in [6.07, 6.45) is 3.54. The van der Waals surface area contributed by atoms with Gasteiger partial charge in [0.05, 0.1) is 16.2 Å². The molecule has 6 heteroatoms. The van der Waals surface area contributed by atoms with Gasteiger partial charge < -0.3 is 10.2 Å². The third-order valence-corrected chi connectivity index (χ3v) is 3.56. The van der Waals surface area contributed by atoms with Crippen molar-refractivity contribution in [1.29, 1.82) is 0 Å². The van der Waals surface area contributed by atoms with Crippen molar-refractivity contribution in [1.82, 2.24) is 15.0 Å². The van der Waals surface area contributed by atoms with Gasteiger partial charge in [0.2, 0.25) is 5.95 Å². The zero-order valence-corrected chi connectivity index (χ0v) is 12.7. The van der Waals surface area contributed by atoms with Gasteiger partial charge >= 0.3 is 0 Å². The number of aromatic nitrogens is 3. The molecule has 19 heavy (non-hydrogen) atoms. The van der Waals surface area contributed by atoms with Crippen LogP contribution in [0.3, 0.4) is 0 Å². The Balaban J connectivity index is 2.26. The van der Waals surface area contributed by atoms with Crippen LogP contribution < -0.4 is 10.2 Å². The second-order valence-corrected chi connectivity index (χ2v) is 5.01. The van der Waals surface area contributed by atoms with Crippen molar-refractivity contribution in [2.45, 2.75) is 13.0 Å². The molecule has 0 aromatic carbocycles. The van der Waals surface area contributed by atoms with Gasteiger partial charge in [-0.2, -0.15) is 4.98 Å². The van der Waals surface area contributed by atoms with E-state index in [1.165, 1.54) is 0 Å². The molecule has 2 aromatic rings. The highest BCUT2D eigenvalue weighted by molar-refractivity contribution is 9.10. The molecule has 2 rings (SSSR count). The Kier molecular flexibility index (Phi) is 4.31. The van der Waals surface area contributed by atoms with Crippen LogP contribution in [0.5, 0.6) is 0 Å². The van der Waals surface area contributed by atoms with Crippen molar-refractivity contribution < 1.29 is 0 Å². The molecule has 2 heterocycles. The molecule has 0 radical (unpaired) electrons. The predicted octanol–water partition coefficient (Wildman–Crippen LogP) is 2.87. The first-order valence-corrected chi connectivity index (χ1v) is 6.77. The van der Waals surface area contributed by atoms with Gasteiger partial charge in [0.15, 0.2) is 0 Å². The van der Waals surface area contributed by atoms with E-state index < -0.39 is 0 Å². The Bertz CT molecular complexity index is 546. The van der Waals surface area contributed by atoms with Crippen molar-refractivity contribution in [3.63, 3.8) is 0 Å². The van der Waals surface area contributed by atoms with E-state index in [0.717, 1.165) is 16.0 Å². The SMILES string of the molecule is CNc1nc(N(C)[C@H](C)c2ccccn2)ncc1Br. The Labute approximate surface area is 121 Å². The maximum Gasteiger partial charge on any atom is 0.227 e. The van der Waals surface area contributed by atoms with Gasteiger partial charge in [-0.25, -0.2) is 4.98 Å². The first-order chi connectivity index (χ1) is 9.13. The fraction of sp³-hybridized carbons (Fsp3) is 0.308. The Morgan fingerprint density at radius 3 is 2.74 bits per heavy atom. The third-order valence-electron chi connectivity index (χ3n) is 2.98. The Hall–Kier alpha value is -1.69. The second-order valence-electron chi connectivity index (χ2n) is 4.16. The van der Waals surface area contributed by atoms with Gasteiger partial charge in [0.25, 0.3) is 0 Å². The van der Waals surface area contributed by atoms with Crippen LogP contribution in [-0.4, -0.2) is 29.0 Å². The fourth-order valence-corrected chi connectivity index (χ4v) is 2.09. The van der Waals surface area contributed by atoms with Crippen LogP contribution in [0.2, 0.25) is 0 Å². The molecule has 100 valence electrons. The van der Waals surface area contributed by atoms with E-state index in [0.29, 0.717) is 5.95 Å². The summed E-state index contributed by atoms with van der Waals surface area (Å²) >= 11 is 3.40. The van der Waals surface area contributed by atoms with Crippen molar-refractivity contribution in [3.8, 4) is 0 Å². The average molecular weight is 322 g/mol. The lowest BCUT2D eigenvalue weighted by molar-refractivity contribution is 0.693. The number of nitrogens with one attached hydrogen (secondary N) is 1. The van der Waals surface area contributed by atoms with Crippen LogP contribution in [-0.2, 0) is 0 Å². The van der Waals surface area contributed by atoms with Crippen LogP contribution in [0.15, 0.2) is 35.1 Å². The molecule has 0 saturated carbocycles. The second kappa shape index (κ2) is 5.97. The molecule has 1 atom stereocenters. The standard InChI is InChI=1S/C13H16BrN5/c1-9(11-6-4-5-7-16-11)19(3)13-17-8-10(14)12(15-2)18-13/h4-9H,1-3H3,(H,15,17,18)/t9-/m1/s1. The lowest BCUT2D eigenvalue weighted by atomic mass is 10.2. The first kappa shape index (κ1) is 13.7. The maximum atomic E-state index is 4.47. The zero-order valence-electron chi connectivity index (χ0n) is 11.1. The molecule has 0 aliphatic rings. The molecule has 0 amide bonds. The van der Waals surface area contributed by atoms with Gasteiger partial charge in [-0.05, 0) is 35.0 Å². The van der Waals surface area contributed by atoms with E-state index in [9.17, 15) is 0 Å². The van der Waals surface area contributed by atoms with Crippen LogP contribution in [0.4, 0.5) is 11.8 Å². The average Bonchev–Trinajstić information content (AvgIpc) is 2.47. The molecule has 0 aliphatic carbocycles. The normalized spacial score (nSPS) is 12.0. The quantitative estimate of drug-likeness (QED) is 0.938. The lowest BCUT2D eigenvalue weighted by Gasteiger charge is -2.24. The number of halogens is 1. The van der Waals surface area contributed by atoms with Gasteiger partial charge in [-0.15, -0.1) is 0 Å². The summed E-state index contributed by atoms with van der Waals surface area (Å²) in [6.45, 7) is 2.08. The summed E-state index contributed by atoms with van der Waals surface area (Å²) in [4.78, 5) is 15.2. The van der Waals surface area contributed by atoms with Crippen LogP contribution in [0.1, 0.15) is 18.7 Å². The molecule has 0 fully saturated rings. The molecule has 0 saturated heterocycles. The number of hydrogen-bond donors (Lipinski definition) is 1. The minimum absolute atomic E-state index is 0.104. The van der Waals surface area contributed by atoms with Gasteiger partial charge in [-0.3, -0.25) is 4.98 Å². The minimum atomic E-state index is 0.104. The number of nitrogens with zero attached hydrogens (tertiary/aromatic N) is 4. The molecular weight excluding hydrogens is 306 g/mol. The monoisotopic (exact) mass is 321 g/mol. The van der Waals surface area contributed by atoms with Crippen LogP contribution in [0, 0.1) is 0 Å². The van der Waals surface area contributed by atoms with Crippen molar-refractivity contribution in [3.05, 3.63) is 40.8 Å². The third kappa shape index (κ3) is 3.01. The van der Waals surface area contributed by atoms with Crippen LogP contribution in [0.25, 0.3) is 0 Å². The van der Waals surface area contributed by atoms with E-state index >= 15 is 0 Å². The molecule has 0 spiro atoms. The number of anilines is 2.